The van der Waals surface area contributed by atoms with Gasteiger partial charge in [0.05, 0.1) is 5.60 Å². The number of halogens is 2. The first-order valence-corrected chi connectivity index (χ1v) is 7.63. The van der Waals surface area contributed by atoms with Crippen molar-refractivity contribution in [1.29, 1.82) is 0 Å². The highest BCUT2D eigenvalue weighted by atomic mass is 35.7. The van der Waals surface area contributed by atoms with Crippen molar-refractivity contribution < 1.29 is 4.43 Å². The zero-order chi connectivity index (χ0) is 7.83. The van der Waals surface area contributed by atoms with Crippen LogP contribution < -0.4 is 0 Å². The maximum Gasteiger partial charge on any atom is 0.389 e. The molecule has 0 N–H and O–H groups in total. The smallest absolute Gasteiger partial charge is 0.387 e. The first-order chi connectivity index (χ1) is 4.41. The van der Waals surface area contributed by atoms with Gasteiger partial charge in [-0.3, -0.25) is 0 Å². The van der Waals surface area contributed by atoms with Crippen LogP contribution >= 0.6 is 22.2 Å². The van der Waals surface area contributed by atoms with Gasteiger partial charge in [0.15, 0.2) is 0 Å². The quantitative estimate of drug-likeness (QED) is 0.430. The van der Waals surface area contributed by atoms with E-state index in [0.29, 0.717) is 0 Å². The van der Waals surface area contributed by atoms with E-state index >= 15 is 0 Å². The Hall–Kier alpha value is 0.757. The summed E-state index contributed by atoms with van der Waals surface area (Å²) in [5.41, 5.74) is -0.0893. The van der Waals surface area contributed by atoms with Crippen molar-refractivity contribution in [2.24, 2.45) is 0 Å². The van der Waals surface area contributed by atoms with Crippen LogP contribution in [0.5, 0.6) is 0 Å². The van der Waals surface area contributed by atoms with Gasteiger partial charge >= 0.3 is 6.94 Å². The Morgan fingerprint density at radius 1 is 1.40 bits per heavy atom. The summed E-state index contributed by atoms with van der Waals surface area (Å²) in [5.74, 6) is 0. The zero-order valence-electron chi connectivity index (χ0n) is 6.29. The highest BCUT2D eigenvalue weighted by Crippen LogP contribution is 2.37. The van der Waals surface area contributed by atoms with Crippen LogP contribution in [-0.4, -0.2) is 12.5 Å². The molecule has 0 aromatic rings. The standard InChI is InChI=1S/C6H12Cl2OSi/c1-6(2)4-3-5-10(7,8)9-6/h3-5H2,1-2H3. The molecule has 4 heteroatoms. The molecule has 0 saturated carbocycles. The van der Waals surface area contributed by atoms with E-state index in [9.17, 15) is 0 Å². The number of hydrogen-bond acceptors (Lipinski definition) is 1. The van der Waals surface area contributed by atoms with Gasteiger partial charge in [0, 0.05) is 0 Å². The Morgan fingerprint density at radius 2 is 2.00 bits per heavy atom. The summed E-state index contributed by atoms with van der Waals surface area (Å²) >= 11 is 11.9. The van der Waals surface area contributed by atoms with E-state index in [1.165, 1.54) is 0 Å². The van der Waals surface area contributed by atoms with Gasteiger partial charge < -0.3 is 4.43 Å². The van der Waals surface area contributed by atoms with Crippen LogP contribution in [0.25, 0.3) is 0 Å². The summed E-state index contributed by atoms with van der Waals surface area (Å²) in [7, 11) is 0. The van der Waals surface area contributed by atoms with Crippen molar-refractivity contribution in [3.05, 3.63) is 0 Å². The minimum Gasteiger partial charge on any atom is -0.387 e. The predicted octanol–water partition coefficient (Wildman–Crippen LogP) is 2.99. The molecule has 0 amide bonds. The van der Waals surface area contributed by atoms with Crippen LogP contribution in [0.3, 0.4) is 0 Å². The van der Waals surface area contributed by atoms with Crippen molar-refractivity contribution in [1.82, 2.24) is 0 Å². The van der Waals surface area contributed by atoms with Crippen molar-refractivity contribution in [2.45, 2.75) is 38.3 Å². The molecule has 0 aliphatic carbocycles. The van der Waals surface area contributed by atoms with E-state index in [2.05, 4.69) is 0 Å². The molecular weight excluding hydrogens is 187 g/mol. The third-order valence-electron chi connectivity index (χ3n) is 1.67. The third-order valence-corrected chi connectivity index (χ3v) is 5.06. The van der Waals surface area contributed by atoms with Gasteiger partial charge in [0.25, 0.3) is 0 Å². The average molecular weight is 199 g/mol. The van der Waals surface area contributed by atoms with Crippen molar-refractivity contribution in [2.75, 3.05) is 0 Å². The molecule has 0 radical (unpaired) electrons. The maximum atomic E-state index is 5.94. The zero-order valence-corrected chi connectivity index (χ0v) is 8.80. The summed E-state index contributed by atoms with van der Waals surface area (Å²) in [6, 6.07) is 0.875. The largest absolute Gasteiger partial charge is 0.389 e. The molecule has 60 valence electrons. The Labute approximate surface area is 72.2 Å². The normalized spacial score (nSPS) is 30.0. The Bertz CT molecular complexity index is 122. The molecule has 1 fully saturated rings. The lowest BCUT2D eigenvalue weighted by Gasteiger charge is -2.36. The molecule has 0 bridgehead atoms. The van der Waals surface area contributed by atoms with Gasteiger partial charge in [0.1, 0.15) is 0 Å². The second kappa shape index (κ2) is 2.66. The third kappa shape index (κ3) is 2.42. The second-order valence-electron chi connectivity index (χ2n) is 3.35. The van der Waals surface area contributed by atoms with E-state index in [-0.39, 0.29) is 5.60 Å². The summed E-state index contributed by atoms with van der Waals surface area (Å²) in [4.78, 5) is 0. The highest BCUT2D eigenvalue weighted by molar-refractivity contribution is 7.42. The van der Waals surface area contributed by atoms with Gasteiger partial charge in [-0.15, -0.1) is 22.2 Å². The van der Waals surface area contributed by atoms with E-state index in [1.807, 2.05) is 13.8 Å². The van der Waals surface area contributed by atoms with E-state index in [4.69, 9.17) is 26.6 Å². The molecule has 1 aliphatic rings. The predicted molar refractivity (Wildman–Crippen MR) is 46.7 cm³/mol. The fourth-order valence-corrected chi connectivity index (χ4v) is 4.88. The monoisotopic (exact) mass is 198 g/mol. The van der Waals surface area contributed by atoms with Gasteiger partial charge in [-0.25, -0.2) is 0 Å². The molecule has 10 heavy (non-hydrogen) atoms. The van der Waals surface area contributed by atoms with Crippen LogP contribution in [0.15, 0.2) is 0 Å². The minimum absolute atomic E-state index is 0.0893. The van der Waals surface area contributed by atoms with Gasteiger partial charge in [-0.2, -0.15) is 0 Å². The number of hydrogen-bond donors (Lipinski definition) is 0. The topological polar surface area (TPSA) is 9.23 Å². The maximum absolute atomic E-state index is 5.94. The Balaban J connectivity index is 2.56. The lowest BCUT2D eigenvalue weighted by molar-refractivity contribution is 0.0826. The van der Waals surface area contributed by atoms with Crippen molar-refractivity contribution >= 4 is 29.1 Å². The highest BCUT2D eigenvalue weighted by Gasteiger charge is 2.40. The summed E-state index contributed by atoms with van der Waals surface area (Å²) in [5, 5.41) is 0. The van der Waals surface area contributed by atoms with Gasteiger partial charge in [-0.1, -0.05) is 0 Å². The molecule has 1 heterocycles. The molecule has 1 rings (SSSR count). The fraction of sp³-hybridized carbons (Fsp3) is 1.00. The molecule has 0 atom stereocenters. The first kappa shape index (κ1) is 8.85. The van der Waals surface area contributed by atoms with Gasteiger partial charge in [-0.05, 0) is 32.7 Å². The lowest BCUT2D eigenvalue weighted by atomic mass is 10.0. The number of rotatable bonds is 0. The van der Waals surface area contributed by atoms with Gasteiger partial charge in [0.2, 0.25) is 0 Å². The SMILES string of the molecule is CC1(C)CCC[Si](Cl)(Cl)O1. The van der Waals surface area contributed by atoms with Crippen LogP contribution in [0.4, 0.5) is 0 Å². The lowest BCUT2D eigenvalue weighted by Crippen LogP contribution is -2.41. The summed E-state index contributed by atoms with van der Waals surface area (Å²) in [6.45, 7) is 1.80. The molecule has 1 nitrogen and oxygen atoms in total. The van der Waals surface area contributed by atoms with Crippen LogP contribution in [-0.2, 0) is 4.43 Å². The van der Waals surface area contributed by atoms with E-state index < -0.39 is 6.94 Å². The molecule has 1 saturated heterocycles. The molecule has 0 aromatic heterocycles. The second-order valence-corrected chi connectivity index (χ2v) is 9.58. The van der Waals surface area contributed by atoms with Crippen LogP contribution in [0.2, 0.25) is 6.04 Å². The molecule has 0 spiro atoms. The summed E-state index contributed by atoms with van der Waals surface area (Å²) < 4.78 is 5.53. The molecule has 0 unspecified atom stereocenters. The summed E-state index contributed by atoms with van der Waals surface area (Å²) in [6.07, 6.45) is 2.17. The van der Waals surface area contributed by atoms with Crippen molar-refractivity contribution in [3.8, 4) is 0 Å². The Kier molecular flexibility index (Phi) is 2.36. The first-order valence-electron chi connectivity index (χ1n) is 3.49. The van der Waals surface area contributed by atoms with E-state index in [0.717, 1.165) is 18.9 Å². The minimum atomic E-state index is -2.28. The Morgan fingerprint density at radius 3 is 2.30 bits per heavy atom. The van der Waals surface area contributed by atoms with E-state index in [1.54, 1.807) is 0 Å². The molecule has 0 aromatic carbocycles. The van der Waals surface area contributed by atoms with Crippen LogP contribution in [0, 0.1) is 0 Å². The van der Waals surface area contributed by atoms with Crippen LogP contribution in [0.1, 0.15) is 26.7 Å². The average Bonchev–Trinajstić information content (AvgIpc) is 1.56. The van der Waals surface area contributed by atoms with Crippen molar-refractivity contribution in [3.63, 3.8) is 0 Å². The fourth-order valence-electron chi connectivity index (χ4n) is 1.23. The molecular formula is C6H12Cl2OSi. The molecule has 1 aliphatic heterocycles.